The van der Waals surface area contributed by atoms with E-state index in [2.05, 4.69) is 16.2 Å². The number of carbonyl (C=O) groups excluding carboxylic acids is 3. The normalized spacial score (nSPS) is 11.4. The molecule has 152 valence electrons. The van der Waals surface area contributed by atoms with Crippen LogP contribution in [0, 0.1) is 21.8 Å². The number of nitro benzene ring substituents is 1. The smallest absolute Gasteiger partial charge is 0.270 e. The first kappa shape index (κ1) is 21.5. The molecule has 1 unspecified atom stereocenters. The van der Waals surface area contributed by atoms with Crippen molar-refractivity contribution in [1.29, 1.82) is 0 Å². The molecule has 0 spiro atoms. The van der Waals surface area contributed by atoms with Gasteiger partial charge in [-0.3, -0.25) is 35.3 Å². The summed E-state index contributed by atoms with van der Waals surface area (Å²) in [7, 11) is 0. The monoisotopic (exact) mass is 402 g/mol. The predicted octanol–water partition coefficient (Wildman–Crippen LogP) is 1.95. The molecule has 29 heavy (non-hydrogen) atoms. The van der Waals surface area contributed by atoms with Crippen LogP contribution in [0.4, 0.5) is 10.1 Å². The van der Waals surface area contributed by atoms with Crippen LogP contribution in [-0.2, 0) is 4.79 Å². The van der Waals surface area contributed by atoms with E-state index >= 15 is 0 Å². The van der Waals surface area contributed by atoms with Crippen molar-refractivity contribution in [2.24, 2.45) is 5.92 Å². The molecule has 0 heterocycles. The third-order valence-corrected chi connectivity index (χ3v) is 3.96. The van der Waals surface area contributed by atoms with Crippen LogP contribution in [0.15, 0.2) is 48.5 Å². The first-order valence-electron chi connectivity index (χ1n) is 8.60. The van der Waals surface area contributed by atoms with E-state index < -0.39 is 34.5 Å². The Bertz CT molecular complexity index is 930. The van der Waals surface area contributed by atoms with E-state index in [0.717, 1.165) is 18.2 Å². The van der Waals surface area contributed by atoms with E-state index in [4.69, 9.17) is 0 Å². The van der Waals surface area contributed by atoms with Gasteiger partial charge in [0.2, 0.25) is 0 Å². The molecule has 9 nitrogen and oxygen atoms in total. The van der Waals surface area contributed by atoms with Gasteiger partial charge in [0, 0.05) is 23.3 Å². The maximum absolute atomic E-state index is 13.0. The molecular formula is C19H19FN4O5. The minimum atomic E-state index is -0.988. The van der Waals surface area contributed by atoms with Gasteiger partial charge < -0.3 is 5.32 Å². The van der Waals surface area contributed by atoms with Crippen molar-refractivity contribution in [3.8, 4) is 0 Å². The first-order chi connectivity index (χ1) is 13.7. The van der Waals surface area contributed by atoms with Crippen LogP contribution in [-0.4, -0.2) is 28.7 Å². The summed E-state index contributed by atoms with van der Waals surface area (Å²) in [5.74, 6) is -2.84. The summed E-state index contributed by atoms with van der Waals surface area (Å²) in [5.41, 5.74) is 4.24. The Kier molecular flexibility index (Phi) is 6.96. The number of carbonyl (C=O) groups is 3. The van der Waals surface area contributed by atoms with Crippen LogP contribution in [0.2, 0.25) is 0 Å². The Morgan fingerprint density at radius 1 is 0.966 bits per heavy atom. The second kappa shape index (κ2) is 9.40. The molecular weight excluding hydrogens is 383 g/mol. The molecule has 0 aliphatic rings. The number of non-ortho nitro benzene ring substituents is 1. The summed E-state index contributed by atoms with van der Waals surface area (Å²) in [5, 5.41) is 13.3. The van der Waals surface area contributed by atoms with Gasteiger partial charge in [-0.25, -0.2) is 4.39 Å². The van der Waals surface area contributed by atoms with Gasteiger partial charge in [0.05, 0.1) is 4.92 Å². The van der Waals surface area contributed by atoms with Crippen molar-refractivity contribution in [3.05, 3.63) is 75.6 Å². The zero-order valence-corrected chi connectivity index (χ0v) is 15.6. The summed E-state index contributed by atoms with van der Waals surface area (Å²) in [6.45, 7) is 3.38. The zero-order valence-electron chi connectivity index (χ0n) is 15.6. The summed E-state index contributed by atoms with van der Waals surface area (Å²) >= 11 is 0. The van der Waals surface area contributed by atoms with E-state index in [-0.39, 0.29) is 22.7 Å². The number of benzene rings is 2. The van der Waals surface area contributed by atoms with Crippen LogP contribution < -0.4 is 16.2 Å². The number of hydrogen-bond donors (Lipinski definition) is 3. The largest absolute Gasteiger partial charge is 0.340 e. The molecule has 0 fully saturated rings. The summed E-state index contributed by atoms with van der Waals surface area (Å²) in [4.78, 5) is 46.9. The molecule has 0 saturated heterocycles. The lowest BCUT2D eigenvalue weighted by atomic mass is 10.0. The average Bonchev–Trinajstić information content (AvgIpc) is 2.70. The standard InChI is InChI=1S/C19H19FN4O5/c1-11(2)16(21-17(25)12-6-8-14(20)9-7-12)19(27)23-22-18(26)13-4-3-5-15(10-13)24(28)29/h3-11,16H,1-2H3,(H,21,25)(H,22,26)(H,23,27). The van der Waals surface area contributed by atoms with Crippen molar-refractivity contribution in [2.75, 3.05) is 0 Å². The predicted molar refractivity (Wildman–Crippen MR) is 101 cm³/mol. The summed E-state index contributed by atoms with van der Waals surface area (Å²) in [6, 6.07) is 8.82. The van der Waals surface area contributed by atoms with Crippen molar-refractivity contribution in [2.45, 2.75) is 19.9 Å². The number of nitrogens with zero attached hydrogens (tertiary/aromatic N) is 1. The van der Waals surface area contributed by atoms with Crippen LogP contribution >= 0.6 is 0 Å². The Morgan fingerprint density at radius 2 is 1.62 bits per heavy atom. The van der Waals surface area contributed by atoms with Crippen molar-refractivity contribution < 1.29 is 23.7 Å². The van der Waals surface area contributed by atoms with Gasteiger partial charge in [0.15, 0.2) is 0 Å². The van der Waals surface area contributed by atoms with E-state index in [1.807, 2.05) is 0 Å². The van der Waals surface area contributed by atoms with Crippen LogP contribution in [0.5, 0.6) is 0 Å². The molecule has 0 radical (unpaired) electrons. The Labute approximate surface area is 165 Å². The highest BCUT2D eigenvalue weighted by molar-refractivity contribution is 5.99. The molecule has 3 amide bonds. The third-order valence-electron chi connectivity index (χ3n) is 3.96. The quantitative estimate of drug-likeness (QED) is 0.502. The second-order valence-corrected chi connectivity index (χ2v) is 6.45. The van der Waals surface area contributed by atoms with Gasteiger partial charge in [-0.1, -0.05) is 19.9 Å². The Balaban J connectivity index is 2.01. The molecule has 0 saturated carbocycles. The highest BCUT2D eigenvalue weighted by Crippen LogP contribution is 2.13. The minimum absolute atomic E-state index is 0.0176. The number of nitrogens with one attached hydrogen (secondary N) is 3. The minimum Gasteiger partial charge on any atom is -0.340 e. The highest BCUT2D eigenvalue weighted by Gasteiger charge is 2.25. The molecule has 1 atom stereocenters. The fraction of sp³-hybridized carbons (Fsp3) is 0.211. The Morgan fingerprint density at radius 3 is 2.21 bits per heavy atom. The number of hydrazine groups is 1. The summed E-state index contributed by atoms with van der Waals surface area (Å²) < 4.78 is 13.0. The zero-order chi connectivity index (χ0) is 21.6. The van der Waals surface area contributed by atoms with Gasteiger partial charge in [-0.2, -0.15) is 0 Å². The van der Waals surface area contributed by atoms with Crippen LogP contribution in [0.25, 0.3) is 0 Å². The fourth-order valence-electron chi connectivity index (χ4n) is 2.39. The van der Waals surface area contributed by atoms with Gasteiger partial charge in [-0.05, 0) is 36.2 Å². The number of rotatable bonds is 6. The lowest BCUT2D eigenvalue weighted by Crippen LogP contribution is -2.54. The van der Waals surface area contributed by atoms with Crippen LogP contribution in [0.1, 0.15) is 34.6 Å². The van der Waals surface area contributed by atoms with E-state index in [1.165, 1.54) is 30.3 Å². The van der Waals surface area contributed by atoms with Gasteiger partial charge >= 0.3 is 0 Å². The molecule has 0 aliphatic carbocycles. The second-order valence-electron chi connectivity index (χ2n) is 6.45. The SMILES string of the molecule is CC(C)C(NC(=O)c1ccc(F)cc1)C(=O)NNC(=O)c1cccc([N+](=O)[O-])c1. The van der Waals surface area contributed by atoms with E-state index in [0.29, 0.717) is 0 Å². The maximum Gasteiger partial charge on any atom is 0.270 e. The molecule has 10 heteroatoms. The lowest BCUT2D eigenvalue weighted by molar-refractivity contribution is -0.384. The van der Waals surface area contributed by atoms with Crippen LogP contribution in [0.3, 0.4) is 0 Å². The molecule has 2 aromatic rings. The molecule has 3 N–H and O–H groups in total. The summed E-state index contributed by atoms with van der Waals surface area (Å²) in [6.07, 6.45) is 0. The number of nitro groups is 1. The highest BCUT2D eigenvalue weighted by atomic mass is 19.1. The third kappa shape index (κ3) is 5.83. The Hall–Kier alpha value is -3.82. The number of amides is 3. The molecule has 0 aromatic heterocycles. The van der Waals surface area contributed by atoms with Gasteiger partial charge in [-0.15, -0.1) is 0 Å². The molecule has 2 rings (SSSR count). The first-order valence-corrected chi connectivity index (χ1v) is 8.60. The van der Waals surface area contributed by atoms with Gasteiger partial charge in [0.25, 0.3) is 23.4 Å². The lowest BCUT2D eigenvalue weighted by Gasteiger charge is -2.22. The van der Waals surface area contributed by atoms with Crippen molar-refractivity contribution in [1.82, 2.24) is 16.2 Å². The molecule has 0 bridgehead atoms. The van der Waals surface area contributed by atoms with Crippen molar-refractivity contribution >= 4 is 23.4 Å². The average molecular weight is 402 g/mol. The van der Waals surface area contributed by atoms with E-state index in [1.54, 1.807) is 13.8 Å². The maximum atomic E-state index is 13.0. The van der Waals surface area contributed by atoms with Crippen molar-refractivity contribution in [3.63, 3.8) is 0 Å². The van der Waals surface area contributed by atoms with E-state index in [9.17, 15) is 28.9 Å². The molecule has 0 aliphatic heterocycles. The molecule has 2 aromatic carbocycles. The topological polar surface area (TPSA) is 130 Å². The van der Waals surface area contributed by atoms with Gasteiger partial charge in [0.1, 0.15) is 11.9 Å². The number of halogens is 1. The number of hydrogen-bond acceptors (Lipinski definition) is 5. The fourth-order valence-corrected chi connectivity index (χ4v) is 2.39.